The first-order valence-corrected chi connectivity index (χ1v) is 5.31. The molecule has 0 aliphatic heterocycles. The van der Waals surface area contributed by atoms with Crippen molar-refractivity contribution in [2.24, 2.45) is 0 Å². The fraction of sp³-hybridized carbons (Fsp3) is 0.273. The predicted octanol–water partition coefficient (Wildman–Crippen LogP) is 3.35. The van der Waals surface area contributed by atoms with E-state index in [1.54, 1.807) is 0 Å². The van der Waals surface area contributed by atoms with Crippen LogP contribution < -0.4 is 5.73 Å². The predicted molar refractivity (Wildman–Crippen MR) is 60.4 cm³/mol. The number of hydrogen-bond donors (Lipinski definition) is 1. The Morgan fingerprint density at radius 2 is 2.08 bits per heavy atom. The lowest BCUT2D eigenvalue weighted by molar-refractivity contribution is 1.19. The standard InChI is InChI=1S/C11H13NS/c1-3-9-5-8-6-10(12)7(2)4-11(8)13-9/h4-6H,3,12H2,1-2H3. The first-order chi connectivity index (χ1) is 6.20. The Kier molecular flexibility index (Phi) is 2.00. The third-order valence-corrected chi connectivity index (χ3v) is 3.55. The number of fused-ring (bicyclic) bond motifs is 1. The summed E-state index contributed by atoms with van der Waals surface area (Å²) >= 11 is 1.86. The second kappa shape index (κ2) is 3.04. The summed E-state index contributed by atoms with van der Waals surface area (Å²) in [6.45, 7) is 4.24. The Morgan fingerprint density at radius 1 is 1.31 bits per heavy atom. The van der Waals surface area contributed by atoms with Crippen molar-refractivity contribution in [1.29, 1.82) is 0 Å². The molecule has 1 aromatic carbocycles. The summed E-state index contributed by atoms with van der Waals surface area (Å²) in [5.41, 5.74) is 7.92. The average Bonchev–Trinajstić information content (AvgIpc) is 2.48. The van der Waals surface area contributed by atoms with Gasteiger partial charge in [-0.1, -0.05) is 6.92 Å². The van der Waals surface area contributed by atoms with Gasteiger partial charge in [0.25, 0.3) is 0 Å². The lowest BCUT2D eigenvalue weighted by atomic mass is 10.1. The number of anilines is 1. The number of hydrogen-bond acceptors (Lipinski definition) is 2. The summed E-state index contributed by atoms with van der Waals surface area (Å²) < 4.78 is 1.35. The van der Waals surface area contributed by atoms with Crippen LogP contribution in [0, 0.1) is 6.92 Å². The number of nitrogens with two attached hydrogens (primary N) is 1. The van der Waals surface area contributed by atoms with E-state index >= 15 is 0 Å². The molecular formula is C11H13NS. The largest absolute Gasteiger partial charge is 0.398 e. The quantitative estimate of drug-likeness (QED) is 0.687. The van der Waals surface area contributed by atoms with Gasteiger partial charge in [0.1, 0.15) is 0 Å². The molecule has 0 aliphatic rings. The first kappa shape index (κ1) is 8.57. The zero-order valence-corrected chi connectivity index (χ0v) is 8.74. The van der Waals surface area contributed by atoms with E-state index in [0.29, 0.717) is 0 Å². The average molecular weight is 191 g/mol. The summed E-state index contributed by atoms with van der Waals surface area (Å²) in [4.78, 5) is 1.43. The fourth-order valence-electron chi connectivity index (χ4n) is 1.44. The highest BCUT2D eigenvalue weighted by molar-refractivity contribution is 7.19. The van der Waals surface area contributed by atoms with Gasteiger partial charge < -0.3 is 5.73 Å². The van der Waals surface area contributed by atoms with Crippen molar-refractivity contribution in [3.05, 3.63) is 28.6 Å². The third-order valence-electron chi connectivity index (χ3n) is 2.30. The molecule has 0 bridgehead atoms. The highest BCUT2D eigenvalue weighted by Crippen LogP contribution is 2.29. The van der Waals surface area contributed by atoms with Crippen molar-refractivity contribution in [3.8, 4) is 0 Å². The van der Waals surface area contributed by atoms with Gasteiger partial charge in [-0.15, -0.1) is 11.3 Å². The van der Waals surface area contributed by atoms with E-state index in [-0.39, 0.29) is 0 Å². The molecule has 1 nitrogen and oxygen atoms in total. The second-order valence-corrected chi connectivity index (χ2v) is 4.48. The first-order valence-electron chi connectivity index (χ1n) is 4.49. The molecule has 68 valence electrons. The van der Waals surface area contributed by atoms with Gasteiger partial charge in [0.2, 0.25) is 0 Å². The van der Waals surface area contributed by atoms with E-state index in [9.17, 15) is 0 Å². The van der Waals surface area contributed by atoms with Gasteiger partial charge in [-0.2, -0.15) is 0 Å². The van der Waals surface area contributed by atoms with Gasteiger partial charge >= 0.3 is 0 Å². The van der Waals surface area contributed by atoms with Gasteiger partial charge in [0.05, 0.1) is 0 Å². The normalized spacial score (nSPS) is 10.9. The molecule has 1 aromatic heterocycles. The molecule has 13 heavy (non-hydrogen) atoms. The minimum absolute atomic E-state index is 0.896. The number of rotatable bonds is 1. The Bertz CT molecular complexity index is 404. The van der Waals surface area contributed by atoms with Crippen LogP contribution in [0.1, 0.15) is 17.4 Å². The van der Waals surface area contributed by atoms with Crippen LogP contribution in [0.25, 0.3) is 10.1 Å². The third kappa shape index (κ3) is 1.42. The second-order valence-electron chi connectivity index (χ2n) is 3.31. The summed E-state index contributed by atoms with van der Waals surface area (Å²) in [5.74, 6) is 0. The number of aryl methyl sites for hydroxylation is 2. The lowest BCUT2D eigenvalue weighted by Crippen LogP contribution is -1.87. The van der Waals surface area contributed by atoms with Crippen LogP contribution in [0.2, 0.25) is 0 Å². The van der Waals surface area contributed by atoms with Crippen LogP contribution >= 0.6 is 11.3 Å². The molecule has 0 radical (unpaired) electrons. The van der Waals surface area contributed by atoms with E-state index in [0.717, 1.165) is 12.1 Å². The molecule has 0 atom stereocenters. The topological polar surface area (TPSA) is 26.0 Å². The summed E-state index contributed by atoms with van der Waals surface area (Å²) in [6, 6.07) is 6.48. The minimum Gasteiger partial charge on any atom is -0.398 e. The van der Waals surface area contributed by atoms with Gasteiger partial charge in [-0.05, 0) is 42.5 Å². The zero-order chi connectivity index (χ0) is 9.42. The van der Waals surface area contributed by atoms with Crippen LogP contribution in [0.4, 0.5) is 5.69 Å². The number of thiophene rings is 1. The van der Waals surface area contributed by atoms with Crippen molar-refractivity contribution in [1.82, 2.24) is 0 Å². The Hall–Kier alpha value is -1.02. The van der Waals surface area contributed by atoms with Crippen molar-refractivity contribution in [3.63, 3.8) is 0 Å². The Balaban J connectivity index is 2.70. The van der Waals surface area contributed by atoms with Gasteiger partial charge in [-0.3, -0.25) is 0 Å². The Labute approximate surface area is 82.2 Å². The van der Waals surface area contributed by atoms with Gasteiger partial charge in [-0.25, -0.2) is 0 Å². The van der Waals surface area contributed by atoms with Gasteiger partial charge in [0.15, 0.2) is 0 Å². The molecule has 0 unspecified atom stereocenters. The molecule has 2 heteroatoms. The highest BCUT2D eigenvalue weighted by atomic mass is 32.1. The van der Waals surface area contributed by atoms with Crippen molar-refractivity contribution < 1.29 is 0 Å². The van der Waals surface area contributed by atoms with Crippen LogP contribution in [-0.4, -0.2) is 0 Å². The molecular weight excluding hydrogens is 178 g/mol. The van der Waals surface area contributed by atoms with Crippen LogP contribution in [0.3, 0.4) is 0 Å². The summed E-state index contributed by atoms with van der Waals surface area (Å²) in [7, 11) is 0. The van der Waals surface area contributed by atoms with Crippen molar-refractivity contribution in [2.45, 2.75) is 20.3 Å². The maximum atomic E-state index is 5.84. The van der Waals surface area contributed by atoms with E-state index < -0.39 is 0 Å². The number of nitrogen functional groups attached to an aromatic ring is 1. The van der Waals surface area contributed by atoms with Crippen LogP contribution in [-0.2, 0) is 6.42 Å². The SMILES string of the molecule is CCc1cc2cc(N)c(C)cc2s1. The molecule has 2 N–H and O–H groups in total. The van der Waals surface area contributed by atoms with Gasteiger partial charge in [0, 0.05) is 15.3 Å². The van der Waals surface area contributed by atoms with E-state index in [2.05, 4.69) is 32.0 Å². The van der Waals surface area contributed by atoms with Crippen LogP contribution in [0.5, 0.6) is 0 Å². The van der Waals surface area contributed by atoms with Crippen molar-refractivity contribution in [2.75, 3.05) is 5.73 Å². The van der Waals surface area contributed by atoms with Crippen molar-refractivity contribution >= 4 is 27.1 Å². The molecule has 2 rings (SSSR count). The zero-order valence-electron chi connectivity index (χ0n) is 7.92. The molecule has 2 aromatic rings. The lowest BCUT2D eigenvalue weighted by Gasteiger charge is -1.98. The summed E-state index contributed by atoms with van der Waals surface area (Å²) in [5, 5.41) is 1.28. The Morgan fingerprint density at radius 3 is 2.77 bits per heavy atom. The number of benzene rings is 1. The molecule has 0 fully saturated rings. The van der Waals surface area contributed by atoms with E-state index in [1.165, 1.54) is 20.5 Å². The molecule has 0 amide bonds. The molecule has 0 aliphatic carbocycles. The van der Waals surface area contributed by atoms with E-state index in [4.69, 9.17) is 5.73 Å². The highest BCUT2D eigenvalue weighted by Gasteiger charge is 2.02. The molecule has 0 saturated heterocycles. The summed E-state index contributed by atoms with van der Waals surface area (Å²) in [6.07, 6.45) is 1.11. The molecule has 1 heterocycles. The minimum atomic E-state index is 0.896. The molecule has 0 saturated carbocycles. The maximum Gasteiger partial charge on any atom is 0.0350 e. The fourth-order valence-corrected chi connectivity index (χ4v) is 2.52. The van der Waals surface area contributed by atoms with E-state index in [1.807, 2.05) is 11.3 Å². The van der Waals surface area contributed by atoms with Crippen LogP contribution in [0.15, 0.2) is 18.2 Å². The smallest absolute Gasteiger partial charge is 0.0350 e. The molecule has 0 spiro atoms. The maximum absolute atomic E-state index is 5.84. The monoisotopic (exact) mass is 191 g/mol.